The zero-order valence-electron chi connectivity index (χ0n) is 21.5. The fourth-order valence-corrected chi connectivity index (χ4v) is 5.13. The summed E-state index contributed by atoms with van der Waals surface area (Å²) >= 11 is 0. The first kappa shape index (κ1) is 27.3. The first-order valence-corrected chi connectivity index (χ1v) is 12.8. The second-order valence-corrected chi connectivity index (χ2v) is 9.72. The van der Waals surface area contributed by atoms with Crippen LogP contribution in [0.25, 0.3) is 0 Å². The molecule has 2 aliphatic heterocycles. The number of unbranched alkanes of at least 4 members (excludes halogenated alkanes) is 1. The Balaban J connectivity index is 2.12. The Morgan fingerprint density at radius 3 is 2.36 bits per heavy atom. The second kappa shape index (κ2) is 13.1. The van der Waals surface area contributed by atoms with Gasteiger partial charge in [-0.3, -0.25) is 19.8 Å². The van der Waals surface area contributed by atoms with E-state index in [9.17, 15) is 14.7 Å². The number of carbonyl (C=O) groups excluding carboxylic acids is 2. The van der Waals surface area contributed by atoms with Gasteiger partial charge in [0.1, 0.15) is 0 Å². The molecule has 2 amide bonds. The van der Waals surface area contributed by atoms with E-state index in [1.54, 1.807) is 0 Å². The van der Waals surface area contributed by atoms with Crippen LogP contribution in [0.4, 0.5) is 0 Å². The Bertz CT molecular complexity index is 757. The number of carbonyl (C=O) groups is 2. The number of amides is 2. The molecule has 1 unspecified atom stereocenters. The number of likely N-dealkylation sites (tertiary alicyclic amines) is 1. The van der Waals surface area contributed by atoms with Crippen LogP contribution in [0.15, 0.2) is 35.1 Å². The molecule has 2 N–H and O–H groups in total. The van der Waals surface area contributed by atoms with Crippen molar-refractivity contribution in [3.63, 3.8) is 0 Å². The minimum absolute atomic E-state index is 0.126. The van der Waals surface area contributed by atoms with E-state index in [1.807, 2.05) is 19.1 Å². The predicted molar refractivity (Wildman–Crippen MR) is 135 cm³/mol. The summed E-state index contributed by atoms with van der Waals surface area (Å²) in [6.07, 6.45) is 12.4. The molecule has 2 fully saturated rings. The number of aliphatic hydroxyl groups is 1. The summed E-state index contributed by atoms with van der Waals surface area (Å²) in [4.78, 5) is 28.8. The number of aliphatic hydroxyl groups excluding tert-OH is 1. The third-order valence-electron chi connectivity index (χ3n) is 7.20. The number of allylic oxidation sites excluding steroid dienone is 4. The van der Waals surface area contributed by atoms with Crippen molar-refractivity contribution in [3.8, 4) is 0 Å². The molecule has 1 atom stereocenters. The highest BCUT2D eigenvalue weighted by Crippen LogP contribution is 2.32. The van der Waals surface area contributed by atoms with E-state index in [-0.39, 0.29) is 29.9 Å². The third-order valence-corrected chi connectivity index (χ3v) is 7.20. The van der Waals surface area contributed by atoms with Gasteiger partial charge in [0.25, 0.3) is 0 Å². The molecule has 0 aromatic heterocycles. The van der Waals surface area contributed by atoms with E-state index >= 15 is 0 Å². The van der Waals surface area contributed by atoms with Crippen LogP contribution in [-0.2, 0) is 9.59 Å². The van der Waals surface area contributed by atoms with E-state index in [0.717, 1.165) is 51.0 Å². The van der Waals surface area contributed by atoms with Crippen molar-refractivity contribution < 1.29 is 14.7 Å². The highest BCUT2D eigenvalue weighted by atomic mass is 16.3. The smallest absolute Gasteiger partial charge is 0.234 e. The summed E-state index contributed by atoms with van der Waals surface area (Å²) in [7, 11) is 0. The zero-order chi connectivity index (χ0) is 24.4. The summed E-state index contributed by atoms with van der Waals surface area (Å²) < 4.78 is 0. The fourth-order valence-electron chi connectivity index (χ4n) is 5.13. The van der Waals surface area contributed by atoms with Crippen LogP contribution in [-0.4, -0.2) is 65.0 Å². The highest BCUT2D eigenvalue weighted by molar-refractivity contribution is 6.00. The van der Waals surface area contributed by atoms with Crippen LogP contribution in [0.5, 0.6) is 0 Å². The lowest BCUT2D eigenvalue weighted by atomic mass is 9.85. The van der Waals surface area contributed by atoms with Gasteiger partial charge in [-0.15, -0.1) is 0 Å². The van der Waals surface area contributed by atoms with Crippen molar-refractivity contribution in [1.82, 2.24) is 15.1 Å². The first-order chi connectivity index (χ1) is 15.8. The van der Waals surface area contributed by atoms with Gasteiger partial charge in [0, 0.05) is 30.7 Å². The molecule has 186 valence electrons. The molecule has 2 heterocycles. The maximum absolute atomic E-state index is 12.3. The first-order valence-electron chi connectivity index (χ1n) is 12.8. The second-order valence-electron chi connectivity index (χ2n) is 9.72. The zero-order valence-corrected chi connectivity index (χ0v) is 21.5. The lowest BCUT2D eigenvalue weighted by Gasteiger charge is -2.49. The molecule has 0 saturated carbocycles. The van der Waals surface area contributed by atoms with Crippen LogP contribution in [0.1, 0.15) is 79.6 Å². The van der Waals surface area contributed by atoms with E-state index < -0.39 is 0 Å². The lowest BCUT2D eigenvalue weighted by molar-refractivity contribution is -0.135. The molecule has 0 aliphatic carbocycles. The molecule has 0 aromatic rings. The van der Waals surface area contributed by atoms with E-state index in [0.29, 0.717) is 12.8 Å². The number of hydrogen-bond acceptors (Lipinski definition) is 5. The van der Waals surface area contributed by atoms with Gasteiger partial charge in [-0.25, -0.2) is 0 Å². The van der Waals surface area contributed by atoms with Gasteiger partial charge in [0.2, 0.25) is 11.8 Å². The molecule has 0 aromatic carbocycles. The van der Waals surface area contributed by atoms with Crippen LogP contribution < -0.4 is 5.32 Å². The Morgan fingerprint density at radius 2 is 1.85 bits per heavy atom. The van der Waals surface area contributed by atoms with E-state index in [1.165, 1.54) is 24.1 Å². The molecule has 6 nitrogen and oxygen atoms in total. The largest absolute Gasteiger partial charge is 0.394 e. The average Bonchev–Trinajstić information content (AvgIpc) is 2.80. The Kier molecular flexibility index (Phi) is 10.8. The highest BCUT2D eigenvalue weighted by Gasteiger charge is 2.39. The molecule has 2 saturated heterocycles. The number of nitrogens with one attached hydrogen (secondary N) is 1. The summed E-state index contributed by atoms with van der Waals surface area (Å²) in [6.45, 7) is 14.7. The third kappa shape index (κ3) is 7.03. The molecule has 33 heavy (non-hydrogen) atoms. The minimum atomic E-state index is -0.271. The van der Waals surface area contributed by atoms with Gasteiger partial charge in [-0.2, -0.15) is 0 Å². The number of imide groups is 1. The van der Waals surface area contributed by atoms with Crippen molar-refractivity contribution in [2.24, 2.45) is 5.92 Å². The monoisotopic (exact) mass is 459 g/mol. The maximum atomic E-state index is 12.3. The normalized spacial score (nSPS) is 21.6. The van der Waals surface area contributed by atoms with Crippen LogP contribution in [0.3, 0.4) is 0 Å². The summed E-state index contributed by atoms with van der Waals surface area (Å²) in [5, 5.41) is 12.9. The molecular weight excluding hydrogens is 414 g/mol. The predicted octanol–water partition coefficient (Wildman–Crippen LogP) is 4.17. The maximum Gasteiger partial charge on any atom is 0.234 e. The fraction of sp³-hybridized carbons (Fsp3) is 0.704. The Hall–Kier alpha value is -1.92. The van der Waals surface area contributed by atoms with Crippen molar-refractivity contribution in [2.75, 3.05) is 32.8 Å². The van der Waals surface area contributed by atoms with Gasteiger partial charge in [-0.05, 0) is 77.6 Å². The van der Waals surface area contributed by atoms with Crippen molar-refractivity contribution in [1.29, 1.82) is 0 Å². The summed E-state index contributed by atoms with van der Waals surface area (Å²) in [5.41, 5.74) is 3.25. The van der Waals surface area contributed by atoms with Crippen molar-refractivity contribution in [3.05, 3.63) is 35.1 Å². The molecule has 6 heteroatoms. The molecular formula is C27H45N3O3. The Morgan fingerprint density at radius 1 is 1.15 bits per heavy atom. The van der Waals surface area contributed by atoms with Gasteiger partial charge in [0.15, 0.2) is 0 Å². The molecule has 2 rings (SSSR count). The molecule has 0 radical (unpaired) electrons. The summed E-state index contributed by atoms with van der Waals surface area (Å²) in [6, 6.07) is 0. The SMILES string of the molecule is C/C=C(\C=C/C(=C(C)C)N1CCC(CO)(N(CCC)CCCC)CC1)C1CCC(=O)NC1=O. The van der Waals surface area contributed by atoms with Crippen LogP contribution >= 0.6 is 0 Å². The summed E-state index contributed by atoms with van der Waals surface area (Å²) in [5.74, 6) is -0.652. The number of piperidine rings is 2. The molecule has 0 spiro atoms. The van der Waals surface area contributed by atoms with E-state index in [2.05, 4.69) is 48.9 Å². The minimum Gasteiger partial charge on any atom is -0.394 e. The van der Waals surface area contributed by atoms with Crippen molar-refractivity contribution >= 4 is 11.8 Å². The molecule has 2 aliphatic rings. The van der Waals surface area contributed by atoms with Crippen LogP contribution in [0.2, 0.25) is 0 Å². The van der Waals surface area contributed by atoms with Gasteiger partial charge >= 0.3 is 0 Å². The number of nitrogens with zero attached hydrogens (tertiary/aromatic N) is 2. The molecule has 0 bridgehead atoms. The Labute approximate surface area is 200 Å². The van der Waals surface area contributed by atoms with Gasteiger partial charge in [-0.1, -0.05) is 38.0 Å². The van der Waals surface area contributed by atoms with E-state index in [4.69, 9.17) is 0 Å². The van der Waals surface area contributed by atoms with Gasteiger partial charge in [0.05, 0.1) is 12.5 Å². The quantitative estimate of drug-likeness (QED) is 0.358. The number of hydrogen-bond donors (Lipinski definition) is 2. The number of rotatable bonds is 11. The average molecular weight is 460 g/mol. The van der Waals surface area contributed by atoms with Crippen LogP contribution in [0, 0.1) is 5.92 Å². The lowest BCUT2D eigenvalue weighted by Crippen LogP contribution is -2.58. The topological polar surface area (TPSA) is 72.9 Å². The van der Waals surface area contributed by atoms with Crippen molar-refractivity contribution in [2.45, 2.75) is 85.1 Å². The van der Waals surface area contributed by atoms with Gasteiger partial charge < -0.3 is 10.0 Å². The standard InChI is InChI=1S/C27H45N3O3/c1-6-9-17-30(16-7-2)27(20-31)14-18-29(19-15-27)24(21(4)5)12-10-22(8-3)23-11-13-25(32)28-26(23)33/h8,10,12,23,31H,6-7,9,11,13-20H2,1-5H3,(H,28,32,33)/b12-10-,22-8+.